The van der Waals surface area contributed by atoms with Gasteiger partial charge in [-0.05, 0) is 12.5 Å². The van der Waals surface area contributed by atoms with Crippen molar-refractivity contribution in [2.45, 2.75) is 13.3 Å². The van der Waals surface area contributed by atoms with Crippen molar-refractivity contribution in [2.24, 2.45) is 0 Å². The summed E-state index contributed by atoms with van der Waals surface area (Å²) in [7, 11) is -3.64. The Morgan fingerprint density at radius 3 is 2.50 bits per heavy atom. The van der Waals surface area contributed by atoms with Crippen molar-refractivity contribution in [1.29, 1.82) is 0 Å². The lowest BCUT2D eigenvalue weighted by molar-refractivity contribution is 0.582. The molecule has 0 bridgehead atoms. The highest BCUT2D eigenvalue weighted by Crippen LogP contribution is 2.27. The summed E-state index contributed by atoms with van der Waals surface area (Å²) in [6.07, 6.45) is 0.385. The van der Waals surface area contributed by atoms with Crippen LogP contribution < -0.4 is 4.72 Å². The highest BCUT2D eigenvalue weighted by molar-refractivity contribution is 7.92. The third kappa shape index (κ3) is 3.31. The molecule has 0 unspecified atom stereocenters. The lowest BCUT2D eigenvalue weighted by Crippen LogP contribution is -2.17. The SMILES string of the molecule is CCCS(=O)(=O)Nc1c(F)cc(F)cc1Cl. The van der Waals surface area contributed by atoms with Gasteiger partial charge >= 0.3 is 0 Å². The minimum atomic E-state index is -3.64. The molecule has 1 N–H and O–H groups in total. The van der Waals surface area contributed by atoms with E-state index >= 15 is 0 Å². The molecule has 0 spiro atoms. The molecule has 1 aromatic rings. The molecule has 0 saturated heterocycles. The molecule has 0 aliphatic rings. The zero-order chi connectivity index (χ0) is 12.3. The Labute approximate surface area is 97.5 Å². The van der Waals surface area contributed by atoms with Gasteiger partial charge in [0.15, 0.2) is 5.82 Å². The van der Waals surface area contributed by atoms with Gasteiger partial charge in [0.05, 0.1) is 10.8 Å². The summed E-state index contributed by atoms with van der Waals surface area (Å²) in [6, 6.07) is 1.41. The van der Waals surface area contributed by atoms with Crippen LogP contribution in [0.3, 0.4) is 0 Å². The highest BCUT2D eigenvalue weighted by atomic mass is 35.5. The number of sulfonamides is 1. The summed E-state index contributed by atoms with van der Waals surface area (Å²) in [5, 5.41) is -0.308. The predicted octanol–water partition coefficient (Wildman–Crippen LogP) is 2.77. The van der Waals surface area contributed by atoms with Gasteiger partial charge in [0.1, 0.15) is 11.5 Å². The molecule has 0 heterocycles. The first-order chi connectivity index (χ1) is 7.35. The summed E-state index contributed by atoms with van der Waals surface area (Å²) in [4.78, 5) is 0. The largest absolute Gasteiger partial charge is 0.279 e. The van der Waals surface area contributed by atoms with Gasteiger partial charge in [-0.2, -0.15) is 0 Å². The Morgan fingerprint density at radius 1 is 1.38 bits per heavy atom. The second-order valence-electron chi connectivity index (χ2n) is 3.17. The second kappa shape index (κ2) is 4.97. The summed E-state index contributed by atoms with van der Waals surface area (Å²) in [5.41, 5.74) is -0.420. The summed E-state index contributed by atoms with van der Waals surface area (Å²) < 4.78 is 50.6. The minimum Gasteiger partial charge on any atom is -0.279 e. The first-order valence-corrected chi connectivity index (χ1v) is 6.54. The quantitative estimate of drug-likeness (QED) is 0.914. The van der Waals surface area contributed by atoms with Crippen molar-refractivity contribution in [2.75, 3.05) is 10.5 Å². The van der Waals surface area contributed by atoms with E-state index in [4.69, 9.17) is 11.6 Å². The predicted molar refractivity (Wildman–Crippen MR) is 59.1 cm³/mol. The van der Waals surface area contributed by atoms with Crippen LogP contribution in [0.1, 0.15) is 13.3 Å². The van der Waals surface area contributed by atoms with Gasteiger partial charge in [-0.25, -0.2) is 17.2 Å². The maximum Gasteiger partial charge on any atom is 0.232 e. The molecular formula is C9H10ClF2NO2S. The van der Waals surface area contributed by atoms with Gasteiger partial charge in [0.2, 0.25) is 10.0 Å². The van der Waals surface area contributed by atoms with Crippen molar-refractivity contribution in [1.82, 2.24) is 0 Å². The molecule has 0 aliphatic heterocycles. The molecule has 0 fully saturated rings. The van der Waals surface area contributed by atoms with Crippen LogP contribution in [0.5, 0.6) is 0 Å². The Hall–Kier alpha value is -0.880. The molecule has 90 valence electrons. The van der Waals surface area contributed by atoms with Crippen molar-refractivity contribution < 1.29 is 17.2 Å². The topological polar surface area (TPSA) is 46.2 Å². The third-order valence-corrected chi connectivity index (χ3v) is 3.50. The van der Waals surface area contributed by atoms with E-state index in [-0.39, 0.29) is 10.8 Å². The van der Waals surface area contributed by atoms with E-state index in [2.05, 4.69) is 0 Å². The number of anilines is 1. The number of hydrogen-bond donors (Lipinski definition) is 1. The van der Waals surface area contributed by atoms with E-state index in [9.17, 15) is 17.2 Å². The number of halogens is 3. The molecule has 16 heavy (non-hydrogen) atoms. The fraction of sp³-hybridized carbons (Fsp3) is 0.333. The minimum absolute atomic E-state index is 0.153. The zero-order valence-corrected chi connectivity index (χ0v) is 10.00. The maximum absolute atomic E-state index is 13.2. The molecule has 0 saturated carbocycles. The highest BCUT2D eigenvalue weighted by Gasteiger charge is 2.16. The lowest BCUT2D eigenvalue weighted by atomic mass is 10.3. The van der Waals surface area contributed by atoms with Crippen molar-refractivity contribution >= 4 is 27.3 Å². The second-order valence-corrected chi connectivity index (χ2v) is 5.41. The average molecular weight is 270 g/mol. The first kappa shape index (κ1) is 13.2. The van der Waals surface area contributed by atoms with Crippen molar-refractivity contribution in [3.63, 3.8) is 0 Å². The number of hydrogen-bond acceptors (Lipinski definition) is 2. The first-order valence-electron chi connectivity index (χ1n) is 4.50. The van der Waals surface area contributed by atoms with Crippen LogP contribution in [-0.2, 0) is 10.0 Å². The van der Waals surface area contributed by atoms with Crippen molar-refractivity contribution in [3.05, 3.63) is 28.8 Å². The molecular weight excluding hydrogens is 260 g/mol. The van der Waals surface area contributed by atoms with Gasteiger partial charge < -0.3 is 0 Å². The Kier molecular flexibility index (Phi) is 4.09. The number of nitrogens with one attached hydrogen (secondary N) is 1. The van der Waals surface area contributed by atoms with Gasteiger partial charge in [-0.1, -0.05) is 18.5 Å². The van der Waals surface area contributed by atoms with Crippen LogP contribution in [0.25, 0.3) is 0 Å². The monoisotopic (exact) mass is 269 g/mol. The van der Waals surface area contributed by atoms with Gasteiger partial charge in [0, 0.05) is 6.07 Å². The fourth-order valence-electron chi connectivity index (χ4n) is 1.11. The average Bonchev–Trinajstić information content (AvgIpc) is 2.11. The fourth-order valence-corrected chi connectivity index (χ4v) is 2.57. The van der Waals surface area contributed by atoms with Gasteiger partial charge in [0.25, 0.3) is 0 Å². The molecule has 0 radical (unpaired) electrons. The molecule has 0 amide bonds. The van der Waals surface area contributed by atoms with Crippen LogP contribution in [-0.4, -0.2) is 14.2 Å². The van der Waals surface area contributed by atoms with Crippen LogP contribution in [0.15, 0.2) is 12.1 Å². The Bertz CT molecular complexity index is 467. The maximum atomic E-state index is 13.2. The molecule has 0 aromatic heterocycles. The number of rotatable bonds is 4. The van der Waals surface area contributed by atoms with E-state index < -0.39 is 27.3 Å². The third-order valence-electron chi connectivity index (χ3n) is 1.74. The molecule has 1 rings (SSSR count). The van der Waals surface area contributed by atoms with E-state index in [1.165, 1.54) is 0 Å². The van der Waals surface area contributed by atoms with Crippen LogP contribution in [0, 0.1) is 11.6 Å². The zero-order valence-electron chi connectivity index (χ0n) is 8.43. The van der Waals surface area contributed by atoms with Crippen LogP contribution >= 0.6 is 11.6 Å². The van der Waals surface area contributed by atoms with Gasteiger partial charge in [-0.3, -0.25) is 4.72 Å². The van der Waals surface area contributed by atoms with Crippen molar-refractivity contribution in [3.8, 4) is 0 Å². The van der Waals surface area contributed by atoms with E-state index in [0.29, 0.717) is 12.5 Å². The van der Waals surface area contributed by atoms with E-state index in [1.807, 2.05) is 4.72 Å². The van der Waals surface area contributed by atoms with Gasteiger partial charge in [-0.15, -0.1) is 0 Å². The Balaban J connectivity index is 3.07. The molecule has 0 atom stereocenters. The molecule has 0 aliphatic carbocycles. The Morgan fingerprint density at radius 2 is 2.00 bits per heavy atom. The summed E-state index contributed by atoms with van der Waals surface area (Å²) in [6.45, 7) is 1.67. The molecule has 7 heteroatoms. The molecule has 1 aromatic carbocycles. The molecule has 3 nitrogen and oxygen atoms in total. The summed E-state index contributed by atoms with van der Waals surface area (Å²) >= 11 is 5.53. The van der Waals surface area contributed by atoms with E-state index in [0.717, 1.165) is 6.07 Å². The number of benzene rings is 1. The normalized spacial score (nSPS) is 11.5. The standard InChI is InChI=1S/C9H10ClF2NO2S/c1-2-3-16(14,15)13-9-7(10)4-6(11)5-8(9)12/h4-5,13H,2-3H2,1H3. The lowest BCUT2D eigenvalue weighted by Gasteiger charge is -2.09. The smallest absolute Gasteiger partial charge is 0.232 e. The summed E-state index contributed by atoms with van der Waals surface area (Å²) in [5.74, 6) is -2.05. The van der Waals surface area contributed by atoms with E-state index in [1.54, 1.807) is 6.92 Å². The van der Waals surface area contributed by atoms with Crippen LogP contribution in [0.2, 0.25) is 5.02 Å². The van der Waals surface area contributed by atoms with Crippen LogP contribution in [0.4, 0.5) is 14.5 Å².